The summed E-state index contributed by atoms with van der Waals surface area (Å²) in [6.45, 7) is 4.63. The molecule has 1 aliphatic heterocycles. The summed E-state index contributed by atoms with van der Waals surface area (Å²) in [5.74, 6) is 2.09. The molecule has 0 spiro atoms. The summed E-state index contributed by atoms with van der Waals surface area (Å²) in [7, 11) is 2.08. The molecule has 1 saturated carbocycles. The average Bonchev–Trinajstić information content (AvgIpc) is 3.48. The zero-order valence-corrected chi connectivity index (χ0v) is 16.3. The first-order valence-corrected chi connectivity index (χ1v) is 10.1. The van der Waals surface area contributed by atoms with E-state index in [0.29, 0.717) is 31.8 Å². The second-order valence-electron chi connectivity index (χ2n) is 7.77. The van der Waals surface area contributed by atoms with Crippen LogP contribution in [-0.2, 0) is 23.1 Å². The topological polar surface area (TPSA) is 58.4 Å². The molecule has 1 aromatic heterocycles. The fraction of sp³-hybridized carbons (Fsp3) is 0.571. The van der Waals surface area contributed by atoms with Crippen LogP contribution in [0, 0.1) is 0 Å². The molecule has 4 rings (SSSR count). The summed E-state index contributed by atoms with van der Waals surface area (Å²) in [6.07, 6.45) is 4.24. The van der Waals surface area contributed by atoms with Gasteiger partial charge in [0.25, 0.3) is 0 Å². The van der Waals surface area contributed by atoms with Crippen molar-refractivity contribution in [2.45, 2.75) is 44.9 Å². The minimum absolute atomic E-state index is 0.137. The van der Waals surface area contributed by atoms with Crippen LogP contribution in [0.1, 0.15) is 49.9 Å². The predicted molar refractivity (Wildman–Crippen MR) is 104 cm³/mol. The molecule has 2 heterocycles. The maximum Gasteiger partial charge on any atom is 0.227 e. The highest BCUT2D eigenvalue weighted by molar-refractivity contribution is 5.82. The van der Waals surface area contributed by atoms with E-state index < -0.39 is 0 Å². The number of hydrogen-bond donors (Lipinski definition) is 0. The van der Waals surface area contributed by atoms with Crippen molar-refractivity contribution in [3.8, 4) is 0 Å². The van der Waals surface area contributed by atoms with Crippen LogP contribution >= 0.6 is 0 Å². The Morgan fingerprint density at radius 2 is 1.78 bits per heavy atom. The van der Waals surface area contributed by atoms with Gasteiger partial charge in [0.15, 0.2) is 0 Å². The molecule has 1 saturated heterocycles. The van der Waals surface area contributed by atoms with Crippen molar-refractivity contribution < 1.29 is 9.59 Å². The maximum atomic E-state index is 12.8. The van der Waals surface area contributed by atoms with E-state index in [2.05, 4.69) is 23.7 Å². The van der Waals surface area contributed by atoms with E-state index in [4.69, 9.17) is 4.98 Å². The molecule has 27 heavy (non-hydrogen) atoms. The van der Waals surface area contributed by atoms with Crippen LogP contribution < -0.4 is 0 Å². The van der Waals surface area contributed by atoms with Crippen molar-refractivity contribution in [2.75, 3.05) is 26.2 Å². The zero-order valence-electron chi connectivity index (χ0n) is 16.3. The summed E-state index contributed by atoms with van der Waals surface area (Å²) in [4.78, 5) is 33.3. The first-order valence-electron chi connectivity index (χ1n) is 10.1. The Hall–Kier alpha value is -2.37. The number of aryl methyl sites for hydroxylation is 1. The van der Waals surface area contributed by atoms with Gasteiger partial charge in [0, 0.05) is 45.6 Å². The van der Waals surface area contributed by atoms with Crippen LogP contribution in [0.4, 0.5) is 0 Å². The highest BCUT2D eigenvalue weighted by Crippen LogP contribution is 2.40. The molecule has 144 valence electrons. The molecule has 2 fully saturated rings. The van der Waals surface area contributed by atoms with Crippen LogP contribution in [0.2, 0.25) is 0 Å². The summed E-state index contributed by atoms with van der Waals surface area (Å²) >= 11 is 0. The van der Waals surface area contributed by atoms with Gasteiger partial charge in [-0.15, -0.1) is 0 Å². The molecule has 0 N–H and O–H groups in total. The molecule has 0 unspecified atom stereocenters. The molecular weight excluding hydrogens is 340 g/mol. The van der Waals surface area contributed by atoms with Gasteiger partial charge in [-0.1, -0.05) is 13.0 Å². The van der Waals surface area contributed by atoms with Gasteiger partial charge in [-0.25, -0.2) is 4.98 Å². The number of amides is 2. The van der Waals surface area contributed by atoms with E-state index in [1.165, 1.54) is 18.7 Å². The van der Waals surface area contributed by atoms with Gasteiger partial charge in [0.2, 0.25) is 11.8 Å². The second-order valence-corrected chi connectivity index (χ2v) is 7.77. The monoisotopic (exact) mass is 368 g/mol. The number of aromatic nitrogens is 2. The Bertz CT molecular complexity index is 868. The molecule has 2 amide bonds. The third-order valence-electron chi connectivity index (χ3n) is 5.78. The zero-order chi connectivity index (χ0) is 19.0. The molecule has 6 heteroatoms. The smallest absolute Gasteiger partial charge is 0.227 e. The number of benzene rings is 1. The molecule has 0 bridgehead atoms. The van der Waals surface area contributed by atoms with Crippen molar-refractivity contribution in [3.05, 3.63) is 29.6 Å². The van der Waals surface area contributed by atoms with Crippen molar-refractivity contribution in [2.24, 2.45) is 7.05 Å². The Morgan fingerprint density at radius 1 is 1.07 bits per heavy atom. The van der Waals surface area contributed by atoms with Crippen LogP contribution in [-0.4, -0.2) is 57.3 Å². The summed E-state index contributed by atoms with van der Waals surface area (Å²) < 4.78 is 2.19. The minimum Gasteiger partial charge on any atom is -0.341 e. The molecule has 0 radical (unpaired) electrons. The number of rotatable bonds is 4. The van der Waals surface area contributed by atoms with E-state index in [-0.39, 0.29) is 11.8 Å². The largest absolute Gasteiger partial charge is 0.341 e. The summed E-state index contributed by atoms with van der Waals surface area (Å²) in [5.41, 5.74) is 3.13. The Morgan fingerprint density at radius 3 is 2.44 bits per heavy atom. The van der Waals surface area contributed by atoms with Crippen molar-refractivity contribution in [1.82, 2.24) is 19.4 Å². The number of nitrogens with zero attached hydrogens (tertiary/aromatic N) is 4. The Balaban J connectivity index is 1.44. The van der Waals surface area contributed by atoms with E-state index in [0.717, 1.165) is 36.1 Å². The third kappa shape index (κ3) is 3.70. The highest BCUT2D eigenvalue weighted by atomic mass is 16.2. The molecule has 1 aliphatic carbocycles. The van der Waals surface area contributed by atoms with Gasteiger partial charge in [0.1, 0.15) is 5.82 Å². The summed E-state index contributed by atoms with van der Waals surface area (Å²) in [6, 6.07) is 6.19. The van der Waals surface area contributed by atoms with Gasteiger partial charge >= 0.3 is 0 Å². The lowest BCUT2D eigenvalue weighted by atomic mass is 10.1. The lowest BCUT2D eigenvalue weighted by Crippen LogP contribution is -2.37. The molecular formula is C21H28N4O2. The van der Waals surface area contributed by atoms with Gasteiger partial charge in [-0.2, -0.15) is 0 Å². The second kappa shape index (κ2) is 7.33. The standard InChI is InChI=1S/C21H28N4O2/c1-3-19(26)24-9-4-10-25(12-11-24)20(27)14-15-5-8-18-17(13-15)22-21(23(18)2)16-6-7-16/h5,8,13,16H,3-4,6-7,9-12,14H2,1-2H3. The van der Waals surface area contributed by atoms with Crippen LogP contribution in [0.15, 0.2) is 18.2 Å². The molecule has 6 nitrogen and oxygen atoms in total. The third-order valence-corrected chi connectivity index (χ3v) is 5.78. The first kappa shape index (κ1) is 18.0. The van der Waals surface area contributed by atoms with E-state index >= 15 is 0 Å². The van der Waals surface area contributed by atoms with E-state index in [1.54, 1.807) is 0 Å². The van der Waals surface area contributed by atoms with Crippen molar-refractivity contribution >= 4 is 22.8 Å². The minimum atomic E-state index is 0.137. The molecule has 2 aliphatic rings. The van der Waals surface area contributed by atoms with Crippen LogP contribution in [0.25, 0.3) is 11.0 Å². The Kier molecular flexibility index (Phi) is 4.89. The fourth-order valence-corrected chi connectivity index (χ4v) is 4.01. The molecule has 2 aromatic rings. The first-order chi connectivity index (χ1) is 13.1. The van der Waals surface area contributed by atoms with E-state index in [9.17, 15) is 9.59 Å². The van der Waals surface area contributed by atoms with Crippen LogP contribution in [0.3, 0.4) is 0 Å². The molecule has 1 aromatic carbocycles. The van der Waals surface area contributed by atoms with Crippen molar-refractivity contribution in [3.63, 3.8) is 0 Å². The number of fused-ring (bicyclic) bond motifs is 1. The quantitative estimate of drug-likeness (QED) is 0.833. The van der Waals surface area contributed by atoms with Gasteiger partial charge in [-0.3, -0.25) is 9.59 Å². The lowest BCUT2D eigenvalue weighted by molar-refractivity contribution is -0.133. The number of hydrogen-bond acceptors (Lipinski definition) is 3. The summed E-state index contributed by atoms with van der Waals surface area (Å²) in [5, 5.41) is 0. The van der Waals surface area contributed by atoms with Crippen LogP contribution in [0.5, 0.6) is 0 Å². The maximum absolute atomic E-state index is 12.8. The number of imidazole rings is 1. The van der Waals surface area contributed by atoms with E-state index in [1.807, 2.05) is 22.8 Å². The average molecular weight is 368 g/mol. The van der Waals surface area contributed by atoms with Crippen molar-refractivity contribution in [1.29, 1.82) is 0 Å². The Labute approximate surface area is 160 Å². The number of carbonyl (C=O) groups excluding carboxylic acids is 2. The molecule has 0 atom stereocenters. The van der Waals surface area contributed by atoms with Gasteiger partial charge in [-0.05, 0) is 37.0 Å². The van der Waals surface area contributed by atoms with Gasteiger partial charge < -0.3 is 14.4 Å². The normalized spacial score (nSPS) is 18.0. The lowest BCUT2D eigenvalue weighted by Gasteiger charge is -2.22. The SMILES string of the molecule is CCC(=O)N1CCCN(C(=O)Cc2ccc3c(c2)nc(C2CC2)n3C)CC1. The predicted octanol–water partition coefficient (Wildman–Crippen LogP) is 2.46. The highest BCUT2D eigenvalue weighted by Gasteiger charge is 2.28. The number of carbonyl (C=O) groups is 2. The fourth-order valence-electron chi connectivity index (χ4n) is 4.01. The van der Waals surface area contributed by atoms with Gasteiger partial charge in [0.05, 0.1) is 17.5 Å².